The maximum Gasteiger partial charge on any atom is 0.226 e. The van der Waals surface area contributed by atoms with Crippen LogP contribution in [0.1, 0.15) is 33.9 Å². The van der Waals surface area contributed by atoms with Crippen LogP contribution in [0.5, 0.6) is 0 Å². The highest BCUT2D eigenvalue weighted by Gasteiger charge is 2.12. The first kappa shape index (κ1) is 17.6. The maximum atomic E-state index is 12.1. The zero-order valence-electron chi connectivity index (χ0n) is 14.0. The number of halogens is 1. The van der Waals surface area contributed by atoms with Crippen molar-refractivity contribution in [3.8, 4) is 0 Å². The summed E-state index contributed by atoms with van der Waals surface area (Å²) in [5.41, 5.74) is 2.95. The van der Waals surface area contributed by atoms with E-state index in [1.807, 2.05) is 38.1 Å². The Labute approximate surface area is 155 Å². The van der Waals surface area contributed by atoms with Gasteiger partial charge in [0.25, 0.3) is 0 Å². The summed E-state index contributed by atoms with van der Waals surface area (Å²) in [6.45, 7) is 3.74. The molecule has 0 aliphatic heterocycles. The maximum absolute atomic E-state index is 12.1. The van der Waals surface area contributed by atoms with Crippen LogP contribution in [0.15, 0.2) is 35.0 Å². The third kappa shape index (κ3) is 4.67. The average molecular weight is 376 g/mol. The Morgan fingerprint density at radius 2 is 2.20 bits per heavy atom. The van der Waals surface area contributed by atoms with Gasteiger partial charge in [-0.25, -0.2) is 4.98 Å². The number of nitrogens with one attached hydrogen (secondary N) is 1. The molecule has 25 heavy (non-hydrogen) atoms. The van der Waals surface area contributed by atoms with Gasteiger partial charge in [-0.05, 0) is 38.0 Å². The van der Waals surface area contributed by atoms with E-state index in [2.05, 4.69) is 15.5 Å². The van der Waals surface area contributed by atoms with Crippen LogP contribution in [-0.2, 0) is 17.6 Å². The van der Waals surface area contributed by atoms with Crippen LogP contribution in [0, 0.1) is 13.8 Å². The van der Waals surface area contributed by atoms with Crippen molar-refractivity contribution in [3.63, 3.8) is 0 Å². The van der Waals surface area contributed by atoms with Gasteiger partial charge < -0.3 is 9.84 Å². The Morgan fingerprint density at radius 1 is 1.36 bits per heavy atom. The number of hydrogen-bond donors (Lipinski definition) is 1. The first-order valence-electron chi connectivity index (χ1n) is 7.92. The highest BCUT2D eigenvalue weighted by Crippen LogP contribution is 2.23. The lowest BCUT2D eigenvalue weighted by molar-refractivity contribution is -0.116. The molecule has 0 aliphatic carbocycles. The fourth-order valence-electron chi connectivity index (χ4n) is 2.57. The molecule has 5 nitrogen and oxygen atoms in total. The zero-order valence-corrected chi connectivity index (χ0v) is 15.6. The van der Waals surface area contributed by atoms with Crippen LogP contribution in [-0.4, -0.2) is 16.0 Å². The van der Waals surface area contributed by atoms with E-state index in [0.29, 0.717) is 18.0 Å². The second-order valence-electron chi connectivity index (χ2n) is 5.79. The van der Waals surface area contributed by atoms with Gasteiger partial charge in [0.05, 0.1) is 5.69 Å². The van der Waals surface area contributed by atoms with Gasteiger partial charge in [-0.3, -0.25) is 4.79 Å². The molecule has 0 unspecified atom stereocenters. The van der Waals surface area contributed by atoms with Crippen LogP contribution in [0.4, 0.5) is 5.13 Å². The number of hydrogen-bond acceptors (Lipinski definition) is 5. The molecule has 0 fully saturated rings. The monoisotopic (exact) mass is 375 g/mol. The molecule has 0 saturated heterocycles. The normalized spacial score (nSPS) is 10.8. The molecule has 3 rings (SSSR count). The minimum atomic E-state index is -0.0661. The zero-order chi connectivity index (χ0) is 17.8. The average Bonchev–Trinajstić information content (AvgIpc) is 3.12. The minimum Gasteiger partial charge on any atom is -0.361 e. The predicted molar refractivity (Wildman–Crippen MR) is 99.3 cm³/mol. The number of aromatic nitrogens is 2. The fourth-order valence-corrected chi connectivity index (χ4v) is 3.65. The highest BCUT2D eigenvalue weighted by atomic mass is 35.5. The van der Waals surface area contributed by atoms with E-state index in [1.54, 1.807) is 6.20 Å². The second kappa shape index (κ2) is 7.80. The van der Waals surface area contributed by atoms with E-state index in [9.17, 15) is 4.79 Å². The van der Waals surface area contributed by atoms with Gasteiger partial charge in [-0.2, -0.15) is 0 Å². The molecule has 1 N–H and O–H groups in total. The van der Waals surface area contributed by atoms with E-state index in [1.165, 1.54) is 11.3 Å². The van der Waals surface area contributed by atoms with Crippen LogP contribution in [0.3, 0.4) is 0 Å². The Kier molecular flexibility index (Phi) is 5.50. The molecule has 0 spiro atoms. The van der Waals surface area contributed by atoms with Crippen LogP contribution in [0.2, 0.25) is 5.02 Å². The second-order valence-corrected chi connectivity index (χ2v) is 7.34. The van der Waals surface area contributed by atoms with Gasteiger partial charge in [0.2, 0.25) is 5.91 Å². The molecule has 0 aliphatic rings. The van der Waals surface area contributed by atoms with Crippen molar-refractivity contribution in [3.05, 3.63) is 62.9 Å². The van der Waals surface area contributed by atoms with Crippen LogP contribution < -0.4 is 5.32 Å². The lowest BCUT2D eigenvalue weighted by Gasteiger charge is -2.02. The molecule has 1 amide bonds. The summed E-state index contributed by atoms with van der Waals surface area (Å²) in [6.07, 6.45) is 3.50. The molecular weight excluding hydrogens is 358 g/mol. The van der Waals surface area contributed by atoms with Crippen molar-refractivity contribution in [2.45, 2.75) is 33.1 Å². The molecule has 7 heteroatoms. The molecule has 0 bridgehead atoms. The molecule has 0 saturated carbocycles. The van der Waals surface area contributed by atoms with Crippen molar-refractivity contribution >= 4 is 34.0 Å². The van der Waals surface area contributed by atoms with Crippen molar-refractivity contribution in [2.24, 2.45) is 0 Å². The van der Waals surface area contributed by atoms with Gasteiger partial charge >= 0.3 is 0 Å². The summed E-state index contributed by atoms with van der Waals surface area (Å²) in [5, 5.41) is 8.08. The first-order valence-corrected chi connectivity index (χ1v) is 9.11. The summed E-state index contributed by atoms with van der Waals surface area (Å²) in [4.78, 5) is 17.5. The highest BCUT2D eigenvalue weighted by molar-refractivity contribution is 7.15. The number of benzene rings is 1. The predicted octanol–water partition coefficient (Wildman–Crippen LogP) is 4.56. The number of thiazole rings is 1. The van der Waals surface area contributed by atoms with Gasteiger partial charge in [0, 0.05) is 34.5 Å². The van der Waals surface area contributed by atoms with E-state index in [4.69, 9.17) is 16.1 Å². The van der Waals surface area contributed by atoms with Crippen LogP contribution >= 0.6 is 22.9 Å². The van der Waals surface area contributed by atoms with Gasteiger partial charge in [-0.1, -0.05) is 28.9 Å². The third-order valence-electron chi connectivity index (χ3n) is 3.85. The molecule has 1 aromatic carbocycles. The number of anilines is 1. The summed E-state index contributed by atoms with van der Waals surface area (Å²) in [5.74, 6) is 0.701. The molecule has 2 heterocycles. The molecular formula is C18H18ClN3O2S. The van der Waals surface area contributed by atoms with E-state index in [-0.39, 0.29) is 5.91 Å². The lowest BCUT2D eigenvalue weighted by Crippen LogP contribution is -2.12. The van der Waals surface area contributed by atoms with E-state index < -0.39 is 0 Å². The van der Waals surface area contributed by atoms with Gasteiger partial charge in [0.15, 0.2) is 5.13 Å². The molecule has 0 radical (unpaired) electrons. The largest absolute Gasteiger partial charge is 0.361 e. The Balaban J connectivity index is 1.55. The summed E-state index contributed by atoms with van der Waals surface area (Å²) in [7, 11) is 0. The minimum absolute atomic E-state index is 0.0661. The molecule has 2 aromatic heterocycles. The van der Waals surface area contributed by atoms with Crippen molar-refractivity contribution in [1.82, 2.24) is 10.1 Å². The SMILES string of the molecule is Cc1noc(C)c1CCC(=O)Nc1ncc(Cc2cccc(Cl)c2)s1. The number of nitrogens with zero attached hydrogens (tertiary/aromatic N) is 2. The fraction of sp³-hybridized carbons (Fsp3) is 0.278. The Bertz CT molecular complexity index is 869. The standard InChI is InChI=1S/C18H18ClN3O2S/c1-11-16(12(2)24-22-11)6-7-17(23)21-18-20-10-15(25-18)9-13-4-3-5-14(19)8-13/h3-5,8,10H,6-7,9H2,1-2H3,(H,20,21,23). The molecule has 3 aromatic rings. The Hall–Kier alpha value is -2.18. The van der Waals surface area contributed by atoms with Gasteiger partial charge in [0.1, 0.15) is 5.76 Å². The lowest BCUT2D eigenvalue weighted by atomic mass is 10.1. The van der Waals surface area contributed by atoms with E-state index >= 15 is 0 Å². The van der Waals surface area contributed by atoms with E-state index in [0.717, 1.165) is 38.9 Å². The smallest absolute Gasteiger partial charge is 0.226 e. The third-order valence-corrected chi connectivity index (χ3v) is 5.00. The number of carbonyl (C=O) groups is 1. The molecule has 130 valence electrons. The number of aryl methyl sites for hydroxylation is 2. The van der Waals surface area contributed by atoms with Crippen molar-refractivity contribution in [1.29, 1.82) is 0 Å². The quantitative estimate of drug-likeness (QED) is 0.685. The van der Waals surface area contributed by atoms with Crippen molar-refractivity contribution < 1.29 is 9.32 Å². The molecule has 0 atom stereocenters. The first-order chi connectivity index (χ1) is 12.0. The Morgan fingerprint density at radius 3 is 2.92 bits per heavy atom. The summed E-state index contributed by atoms with van der Waals surface area (Å²) in [6, 6.07) is 7.73. The summed E-state index contributed by atoms with van der Waals surface area (Å²) >= 11 is 7.48. The number of amides is 1. The van der Waals surface area contributed by atoms with Gasteiger partial charge in [-0.15, -0.1) is 11.3 Å². The topological polar surface area (TPSA) is 68.0 Å². The van der Waals surface area contributed by atoms with Crippen LogP contribution in [0.25, 0.3) is 0 Å². The summed E-state index contributed by atoms with van der Waals surface area (Å²) < 4.78 is 5.11. The van der Waals surface area contributed by atoms with Crippen molar-refractivity contribution in [2.75, 3.05) is 5.32 Å². The number of rotatable bonds is 6. The number of carbonyl (C=O) groups excluding carboxylic acids is 1.